The number of rotatable bonds is 6. The molecule has 40 heavy (non-hydrogen) atoms. The Bertz CT molecular complexity index is 1350. The maximum Gasteiger partial charge on any atom is 0.256 e. The van der Waals surface area contributed by atoms with E-state index >= 15 is 0 Å². The van der Waals surface area contributed by atoms with Crippen molar-refractivity contribution < 1.29 is 23.5 Å². The highest BCUT2D eigenvalue weighted by atomic mass is 16.5. The lowest BCUT2D eigenvalue weighted by atomic mass is 9.61. The van der Waals surface area contributed by atoms with Gasteiger partial charge in [-0.05, 0) is 73.8 Å². The zero-order valence-corrected chi connectivity index (χ0v) is 23.3. The molecular formula is C32H42N4O4. The standard InChI is InChI=1S/C32H42N4O4/c1-3-34-14-15-36(21-29(37)27-16-22-6-4-5-7-24(22)20-33-27)31(39)26-9-8-23(17-28(26)34)30(38)35-12-10-32(11-13-35)18-25(19-32)40-2/h4-9,17,25,27,29,33,37H,3,10-16,18-21H2,1-2H3/t27-,29+/m0/s1/i2D3. The van der Waals surface area contributed by atoms with Gasteiger partial charge < -0.3 is 29.9 Å². The van der Waals surface area contributed by atoms with Crippen LogP contribution in [0.1, 0.15) is 68.6 Å². The fraction of sp³-hybridized carbons (Fsp3) is 0.562. The third-order valence-corrected chi connectivity index (χ3v) is 9.71. The van der Waals surface area contributed by atoms with Crippen molar-refractivity contribution in [1.29, 1.82) is 0 Å². The smallest absolute Gasteiger partial charge is 0.256 e. The van der Waals surface area contributed by atoms with Crippen LogP contribution in [0.4, 0.5) is 5.69 Å². The fourth-order valence-corrected chi connectivity index (χ4v) is 7.11. The molecule has 4 aliphatic rings. The molecule has 2 aromatic rings. The minimum Gasteiger partial charge on any atom is -0.390 e. The largest absolute Gasteiger partial charge is 0.390 e. The summed E-state index contributed by atoms with van der Waals surface area (Å²) in [6.45, 7) is 6.04. The molecule has 1 saturated heterocycles. The van der Waals surface area contributed by atoms with Gasteiger partial charge in [0.2, 0.25) is 0 Å². The molecule has 2 atom stereocenters. The number of carbonyl (C=O) groups is 2. The summed E-state index contributed by atoms with van der Waals surface area (Å²) in [4.78, 5) is 33.1. The quantitative estimate of drug-likeness (QED) is 0.576. The first-order valence-corrected chi connectivity index (χ1v) is 14.7. The predicted octanol–water partition coefficient (Wildman–Crippen LogP) is 3.08. The highest BCUT2D eigenvalue weighted by molar-refractivity contribution is 6.03. The number of aliphatic hydroxyl groups excluding tert-OH is 1. The van der Waals surface area contributed by atoms with Gasteiger partial charge in [0, 0.05) is 64.5 Å². The van der Waals surface area contributed by atoms with Crippen molar-refractivity contribution in [2.45, 2.75) is 63.8 Å². The Morgan fingerprint density at radius 1 is 1.12 bits per heavy atom. The fourth-order valence-electron chi connectivity index (χ4n) is 7.11. The van der Waals surface area contributed by atoms with Crippen LogP contribution in [0.2, 0.25) is 0 Å². The molecule has 0 unspecified atom stereocenters. The molecule has 1 spiro atoms. The number of hydrogen-bond acceptors (Lipinski definition) is 6. The van der Waals surface area contributed by atoms with E-state index in [2.05, 4.69) is 22.3 Å². The molecule has 1 aliphatic carbocycles. The molecule has 2 amide bonds. The second-order valence-corrected chi connectivity index (χ2v) is 12.0. The van der Waals surface area contributed by atoms with Gasteiger partial charge in [0.05, 0.1) is 27.6 Å². The van der Waals surface area contributed by atoms with Gasteiger partial charge in [-0.3, -0.25) is 9.59 Å². The number of methoxy groups -OCH3 is 1. The van der Waals surface area contributed by atoms with Crippen molar-refractivity contribution in [3.8, 4) is 0 Å². The topological polar surface area (TPSA) is 85.3 Å². The highest BCUT2D eigenvalue weighted by Crippen LogP contribution is 2.50. The number of likely N-dealkylation sites (N-methyl/N-ethyl adjacent to an activating group) is 1. The molecule has 0 radical (unpaired) electrons. The molecule has 0 bridgehead atoms. The van der Waals surface area contributed by atoms with E-state index in [0.29, 0.717) is 50.4 Å². The molecule has 0 aromatic heterocycles. The second kappa shape index (κ2) is 11.1. The van der Waals surface area contributed by atoms with Gasteiger partial charge in [0.25, 0.3) is 11.8 Å². The number of β-amino-alcohol motifs (C(OH)–C–C–N with tert-alkyl or cyclic N) is 1. The van der Waals surface area contributed by atoms with E-state index in [1.165, 1.54) is 11.1 Å². The Morgan fingerprint density at radius 2 is 1.88 bits per heavy atom. The Kier molecular flexibility index (Phi) is 6.61. The molecule has 8 nitrogen and oxygen atoms in total. The molecule has 3 heterocycles. The van der Waals surface area contributed by atoms with Crippen molar-refractivity contribution >= 4 is 17.5 Å². The first kappa shape index (κ1) is 23.7. The van der Waals surface area contributed by atoms with Crippen LogP contribution in [0.15, 0.2) is 42.5 Å². The van der Waals surface area contributed by atoms with Crippen LogP contribution >= 0.6 is 0 Å². The van der Waals surface area contributed by atoms with E-state index in [-0.39, 0.29) is 35.9 Å². The average Bonchev–Trinajstić information content (AvgIpc) is 3.11. The summed E-state index contributed by atoms with van der Waals surface area (Å²) in [5, 5.41) is 14.6. The summed E-state index contributed by atoms with van der Waals surface area (Å²) in [5.41, 5.74) is 4.43. The van der Waals surface area contributed by atoms with Gasteiger partial charge in [-0.2, -0.15) is 0 Å². The molecule has 214 valence electrons. The summed E-state index contributed by atoms with van der Waals surface area (Å²) in [7, 11) is -2.36. The van der Waals surface area contributed by atoms with Gasteiger partial charge in [-0.15, -0.1) is 0 Å². The SMILES string of the molecule is [2H]C([2H])([2H])OC1CC2(CCN(C(=O)c3ccc4c(c3)N(CC)CCN(C[C@@H](O)[C@@H]3Cc5ccccc5CN3)C4=O)CC2)C1. The van der Waals surface area contributed by atoms with E-state index in [1.54, 1.807) is 17.0 Å². The van der Waals surface area contributed by atoms with Crippen molar-refractivity contribution in [1.82, 2.24) is 15.1 Å². The number of nitrogens with one attached hydrogen (secondary N) is 1. The van der Waals surface area contributed by atoms with Crippen LogP contribution in [0, 0.1) is 5.41 Å². The molecule has 2 fully saturated rings. The summed E-state index contributed by atoms with van der Waals surface area (Å²) in [6, 6.07) is 13.5. The van der Waals surface area contributed by atoms with Crippen LogP contribution in [0.3, 0.4) is 0 Å². The minimum absolute atomic E-state index is 0.0454. The van der Waals surface area contributed by atoms with E-state index < -0.39 is 13.1 Å². The van der Waals surface area contributed by atoms with Gasteiger partial charge in [0.1, 0.15) is 0 Å². The molecule has 2 N–H and O–H groups in total. The highest BCUT2D eigenvalue weighted by Gasteiger charge is 2.46. The third kappa shape index (κ3) is 5.13. The monoisotopic (exact) mass is 549 g/mol. The maximum atomic E-state index is 13.7. The number of amides is 2. The number of piperidine rings is 1. The van der Waals surface area contributed by atoms with Gasteiger partial charge >= 0.3 is 0 Å². The predicted molar refractivity (Wildman–Crippen MR) is 155 cm³/mol. The molecular weight excluding hydrogens is 504 g/mol. The lowest BCUT2D eigenvalue weighted by Gasteiger charge is -2.51. The number of ether oxygens (including phenoxy) is 1. The summed E-state index contributed by atoms with van der Waals surface area (Å²) >= 11 is 0. The number of fused-ring (bicyclic) bond motifs is 2. The van der Waals surface area contributed by atoms with Crippen molar-refractivity contribution in [2.24, 2.45) is 5.41 Å². The summed E-state index contributed by atoms with van der Waals surface area (Å²) in [6.07, 6.45) is 2.92. The first-order chi connectivity index (χ1) is 20.5. The van der Waals surface area contributed by atoms with Crippen LogP contribution < -0.4 is 10.2 Å². The summed E-state index contributed by atoms with van der Waals surface area (Å²) < 4.78 is 27.2. The van der Waals surface area contributed by atoms with Gasteiger partial charge in [-0.1, -0.05) is 24.3 Å². The maximum absolute atomic E-state index is 13.7. The zero-order valence-electron chi connectivity index (χ0n) is 26.3. The lowest BCUT2D eigenvalue weighted by molar-refractivity contribution is -0.0841. The van der Waals surface area contributed by atoms with Gasteiger partial charge in [0.15, 0.2) is 0 Å². The first-order valence-electron chi connectivity index (χ1n) is 16.2. The number of nitrogens with zero attached hydrogens (tertiary/aromatic N) is 3. The molecule has 8 heteroatoms. The van der Waals surface area contributed by atoms with Gasteiger partial charge in [-0.25, -0.2) is 0 Å². The average molecular weight is 550 g/mol. The number of carbonyl (C=O) groups excluding carboxylic acids is 2. The Balaban J connectivity index is 1.10. The normalized spacial score (nSPS) is 24.8. The summed E-state index contributed by atoms with van der Waals surface area (Å²) in [5.74, 6) is -0.171. The molecule has 1 saturated carbocycles. The molecule has 3 aliphatic heterocycles. The number of likely N-dealkylation sites (tertiary alicyclic amines) is 1. The van der Waals surface area contributed by atoms with Crippen LogP contribution in [-0.2, 0) is 17.7 Å². The van der Waals surface area contributed by atoms with E-state index in [9.17, 15) is 14.7 Å². The van der Waals surface area contributed by atoms with Crippen molar-refractivity contribution in [2.75, 3.05) is 51.2 Å². The van der Waals surface area contributed by atoms with E-state index in [1.807, 2.05) is 30.0 Å². The Morgan fingerprint density at radius 3 is 2.62 bits per heavy atom. The number of anilines is 1. The molecule has 2 aromatic carbocycles. The van der Waals surface area contributed by atoms with E-state index in [4.69, 9.17) is 8.85 Å². The van der Waals surface area contributed by atoms with E-state index in [0.717, 1.165) is 37.8 Å². The number of benzene rings is 2. The third-order valence-electron chi connectivity index (χ3n) is 9.71. The number of hydrogen-bond donors (Lipinski definition) is 2. The number of aliphatic hydroxyl groups is 1. The Hall–Kier alpha value is -2.94. The zero-order chi connectivity index (χ0) is 30.4. The van der Waals surface area contributed by atoms with Crippen LogP contribution in [0.25, 0.3) is 0 Å². The van der Waals surface area contributed by atoms with Crippen molar-refractivity contribution in [3.63, 3.8) is 0 Å². The minimum atomic E-state index is -2.36. The van der Waals surface area contributed by atoms with Crippen LogP contribution in [-0.4, -0.2) is 91.3 Å². The lowest BCUT2D eigenvalue weighted by Crippen LogP contribution is -2.50. The van der Waals surface area contributed by atoms with Crippen LogP contribution in [0.5, 0.6) is 0 Å². The second-order valence-electron chi connectivity index (χ2n) is 12.0. The Labute approximate surface area is 241 Å². The van der Waals surface area contributed by atoms with Crippen molar-refractivity contribution in [3.05, 3.63) is 64.7 Å². The molecule has 6 rings (SSSR count).